The van der Waals surface area contributed by atoms with Crippen LogP contribution in [-0.4, -0.2) is 40.0 Å². The maximum atomic E-state index is 13.6. The van der Waals surface area contributed by atoms with E-state index in [9.17, 15) is 14.7 Å². The van der Waals surface area contributed by atoms with Crippen LogP contribution >= 0.6 is 11.6 Å². The molecule has 0 radical (unpaired) electrons. The third-order valence-corrected chi connectivity index (χ3v) is 6.08. The van der Waals surface area contributed by atoms with Crippen LogP contribution in [0.25, 0.3) is 0 Å². The molecule has 0 aliphatic carbocycles. The number of rotatable bonds is 7. The summed E-state index contributed by atoms with van der Waals surface area (Å²) >= 11 is 6.01. The lowest BCUT2D eigenvalue weighted by Crippen LogP contribution is -2.41. The normalized spacial score (nSPS) is 15.1. The number of hydrogen-bond donors (Lipinski definition) is 1. The third-order valence-electron chi connectivity index (χ3n) is 5.85. The number of anilines is 2. The van der Waals surface area contributed by atoms with E-state index < -0.39 is 11.2 Å². The van der Waals surface area contributed by atoms with Crippen molar-refractivity contribution < 1.29 is 9.84 Å². The molecule has 10 heteroatoms. The van der Waals surface area contributed by atoms with Gasteiger partial charge in [-0.25, -0.2) is 4.79 Å². The van der Waals surface area contributed by atoms with E-state index >= 15 is 0 Å². The fourth-order valence-corrected chi connectivity index (χ4v) is 4.40. The predicted molar refractivity (Wildman–Crippen MR) is 127 cm³/mol. The Balaban J connectivity index is 1.89. The van der Waals surface area contributed by atoms with Crippen LogP contribution < -0.4 is 25.8 Å². The van der Waals surface area contributed by atoms with Gasteiger partial charge in [-0.2, -0.15) is 0 Å². The van der Waals surface area contributed by atoms with Crippen LogP contribution in [-0.2, 0) is 20.1 Å². The number of hydrogen-bond acceptors (Lipinski definition) is 7. The van der Waals surface area contributed by atoms with Crippen molar-refractivity contribution in [3.8, 4) is 5.75 Å². The number of ether oxygens (including phenoxy) is 1. The molecule has 9 nitrogen and oxygen atoms in total. The molecule has 1 atom stereocenters. The quantitative estimate of drug-likeness (QED) is 0.564. The van der Waals surface area contributed by atoms with E-state index in [1.165, 1.54) is 9.13 Å². The van der Waals surface area contributed by atoms with Crippen molar-refractivity contribution in [2.45, 2.75) is 25.7 Å². The Morgan fingerprint density at radius 1 is 1.12 bits per heavy atom. The molecular weight excluding hydrogens is 446 g/mol. The Bertz CT molecular complexity index is 1250. The molecule has 1 unspecified atom stereocenters. The lowest BCUT2D eigenvalue weighted by atomic mass is 10.1. The molecule has 3 heterocycles. The number of halogens is 1. The van der Waals surface area contributed by atoms with Crippen LogP contribution in [0.15, 0.2) is 52.2 Å². The van der Waals surface area contributed by atoms with Crippen LogP contribution in [0.1, 0.15) is 23.8 Å². The Morgan fingerprint density at radius 2 is 1.85 bits per heavy atom. The fraction of sp³-hybridized carbons (Fsp3) is 0.348. The molecule has 0 spiro atoms. The van der Waals surface area contributed by atoms with Crippen LogP contribution in [0.4, 0.5) is 11.5 Å². The van der Waals surface area contributed by atoms with Crippen molar-refractivity contribution in [3.05, 3.63) is 79.7 Å². The van der Waals surface area contributed by atoms with Crippen LogP contribution in [0.3, 0.4) is 0 Å². The first-order chi connectivity index (χ1) is 15.9. The highest BCUT2D eigenvalue weighted by Crippen LogP contribution is 2.43. The van der Waals surface area contributed by atoms with Gasteiger partial charge in [0.05, 0.1) is 24.4 Å². The van der Waals surface area contributed by atoms with Crippen molar-refractivity contribution in [1.29, 1.82) is 0 Å². The molecule has 0 bridgehead atoms. The van der Waals surface area contributed by atoms with Crippen molar-refractivity contribution in [2.75, 3.05) is 30.6 Å². The number of methoxy groups -OCH3 is 1. The fourth-order valence-electron chi connectivity index (χ4n) is 4.29. The molecule has 1 aromatic carbocycles. The Kier molecular flexibility index (Phi) is 6.44. The van der Waals surface area contributed by atoms with Crippen LogP contribution in [0.5, 0.6) is 5.75 Å². The molecule has 0 saturated carbocycles. The van der Waals surface area contributed by atoms with E-state index in [1.807, 2.05) is 47.2 Å². The van der Waals surface area contributed by atoms with E-state index in [1.54, 1.807) is 26.4 Å². The zero-order chi connectivity index (χ0) is 23.7. The molecule has 1 N–H and O–H groups in total. The summed E-state index contributed by atoms with van der Waals surface area (Å²) in [6, 6.07) is 11.2. The topological polar surface area (TPSA) is 92.8 Å². The van der Waals surface area contributed by atoms with Gasteiger partial charge in [-0.1, -0.05) is 23.7 Å². The van der Waals surface area contributed by atoms with Crippen molar-refractivity contribution >= 4 is 23.1 Å². The number of pyridine rings is 1. The molecule has 3 aromatic rings. The number of aliphatic hydroxyl groups is 1. The van der Waals surface area contributed by atoms with E-state index in [2.05, 4.69) is 4.98 Å². The number of aromatic nitrogens is 3. The van der Waals surface area contributed by atoms with Crippen molar-refractivity contribution in [3.63, 3.8) is 0 Å². The summed E-state index contributed by atoms with van der Waals surface area (Å²) in [5.74, 6) is 1.25. The van der Waals surface area contributed by atoms with E-state index in [0.717, 1.165) is 17.0 Å². The molecule has 0 saturated heterocycles. The van der Waals surface area contributed by atoms with Crippen molar-refractivity contribution in [2.24, 2.45) is 7.05 Å². The highest BCUT2D eigenvalue weighted by Gasteiger charge is 2.40. The van der Waals surface area contributed by atoms with Gasteiger partial charge < -0.3 is 19.6 Å². The van der Waals surface area contributed by atoms with Gasteiger partial charge in [0.25, 0.3) is 5.56 Å². The lowest BCUT2D eigenvalue weighted by molar-refractivity contribution is 0.277. The second kappa shape index (κ2) is 9.29. The first-order valence-corrected chi connectivity index (χ1v) is 10.9. The highest BCUT2D eigenvalue weighted by atomic mass is 35.5. The summed E-state index contributed by atoms with van der Waals surface area (Å²) in [5.41, 5.74) is 1.26. The van der Waals surface area contributed by atoms with Gasteiger partial charge in [0, 0.05) is 33.4 Å². The molecule has 4 rings (SSSR count). The van der Waals surface area contributed by atoms with Gasteiger partial charge in [-0.15, -0.1) is 0 Å². The first kappa shape index (κ1) is 22.9. The largest absolute Gasteiger partial charge is 0.497 e. The minimum Gasteiger partial charge on any atom is -0.497 e. The third kappa shape index (κ3) is 4.09. The summed E-state index contributed by atoms with van der Waals surface area (Å²) in [4.78, 5) is 34.8. The molecule has 0 fully saturated rings. The molecule has 0 amide bonds. The summed E-state index contributed by atoms with van der Waals surface area (Å²) in [6.07, 6.45) is 1.53. The number of benzene rings is 1. The maximum Gasteiger partial charge on any atom is 0.332 e. The van der Waals surface area contributed by atoms with Gasteiger partial charge in [0.2, 0.25) is 0 Å². The van der Waals surface area contributed by atoms with Crippen molar-refractivity contribution in [1.82, 2.24) is 14.1 Å². The Hall–Kier alpha value is -3.30. The molecule has 33 heavy (non-hydrogen) atoms. The van der Waals surface area contributed by atoms with Crippen LogP contribution in [0.2, 0.25) is 5.02 Å². The standard InChI is InChI=1S/C23H26ClN5O4/c1-26-20(15-5-9-18(33-3)10-6-15)29(14-17-8-7-16(24)13-25-17)19-21(26)27(2)23(32)28(22(19)31)11-4-12-30/h5-10,13,20,30H,4,11-12,14H2,1-3H3. The minimum absolute atomic E-state index is 0.112. The second-order valence-electron chi connectivity index (χ2n) is 7.90. The predicted octanol–water partition coefficient (Wildman–Crippen LogP) is 2.14. The number of nitrogens with zero attached hydrogens (tertiary/aromatic N) is 5. The van der Waals surface area contributed by atoms with Gasteiger partial charge in [-0.3, -0.25) is 18.9 Å². The monoisotopic (exact) mass is 471 g/mol. The molecule has 1 aliphatic heterocycles. The second-order valence-corrected chi connectivity index (χ2v) is 8.34. The summed E-state index contributed by atoms with van der Waals surface area (Å²) in [6.45, 7) is 0.358. The van der Waals surface area contributed by atoms with Crippen LogP contribution in [0, 0.1) is 0 Å². The minimum atomic E-state index is -0.418. The van der Waals surface area contributed by atoms with Gasteiger partial charge in [0.15, 0.2) is 0 Å². The van der Waals surface area contributed by atoms with Gasteiger partial charge in [0.1, 0.15) is 23.4 Å². The summed E-state index contributed by atoms with van der Waals surface area (Å²) in [5, 5.41) is 9.77. The average Bonchev–Trinajstić information content (AvgIpc) is 3.11. The molecular formula is C23H26ClN5O4. The first-order valence-electron chi connectivity index (χ1n) is 10.6. The Morgan fingerprint density at radius 3 is 2.45 bits per heavy atom. The van der Waals surface area contributed by atoms with E-state index in [0.29, 0.717) is 29.5 Å². The molecule has 1 aliphatic rings. The zero-order valence-electron chi connectivity index (χ0n) is 18.7. The number of fused-ring (bicyclic) bond motifs is 1. The average molecular weight is 472 g/mol. The van der Waals surface area contributed by atoms with E-state index in [4.69, 9.17) is 16.3 Å². The van der Waals surface area contributed by atoms with Gasteiger partial charge >= 0.3 is 5.69 Å². The SMILES string of the molecule is COc1ccc(C2N(C)c3c(c(=O)n(CCCO)c(=O)n3C)N2Cc2ccc(Cl)cn2)cc1. The molecule has 2 aromatic heterocycles. The summed E-state index contributed by atoms with van der Waals surface area (Å²) < 4.78 is 7.96. The van der Waals surface area contributed by atoms with E-state index in [-0.39, 0.29) is 19.3 Å². The lowest BCUT2D eigenvalue weighted by Gasteiger charge is -2.30. The summed E-state index contributed by atoms with van der Waals surface area (Å²) in [7, 11) is 5.12. The molecule has 174 valence electrons. The highest BCUT2D eigenvalue weighted by molar-refractivity contribution is 6.30. The maximum absolute atomic E-state index is 13.6. The number of aliphatic hydroxyl groups excluding tert-OH is 1. The zero-order valence-corrected chi connectivity index (χ0v) is 19.5. The Labute approximate surface area is 196 Å². The van der Waals surface area contributed by atoms with Gasteiger partial charge in [-0.05, 0) is 36.2 Å². The smallest absolute Gasteiger partial charge is 0.332 e.